The van der Waals surface area contributed by atoms with E-state index in [1.807, 2.05) is 18.2 Å². The van der Waals surface area contributed by atoms with Gasteiger partial charge in [-0.2, -0.15) is 0 Å². The number of anilines is 1. The number of halogens is 1. The zero-order chi connectivity index (χ0) is 22.7. The Morgan fingerprint density at radius 2 is 1.91 bits per heavy atom. The quantitative estimate of drug-likeness (QED) is 0.261. The Morgan fingerprint density at radius 3 is 2.66 bits per heavy atom. The van der Waals surface area contributed by atoms with Gasteiger partial charge < -0.3 is 9.15 Å². The molecule has 2 aromatic carbocycles. The molecule has 0 bridgehead atoms. The van der Waals surface area contributed by atoms with E-state index in [0.29, 0.717) is 32.8 Å². The number of furan rings is 1. The van der Waals surface area contributed by atoms with E-state index in [-0.39, 0.29) is 18.0 Å². The van der Waals surface area contributed by atoms with Crippen molar-refractivity contribution in [1.29, 1.82) is 0 Å². The standard InChI is InChI=1S/C24H19ClN2O4S/c1-14(2)30-23(29)16-5-10-19-21(13-16)32-24(26-19)27-22(28)12-9-18-8-11-20(31-18)15-3-6-17(25)7-4-15/h3-14H,1-2H3,(H,26,27,28)/b12-9+. The van der Waals surface area contributed by atoms with Crippen LogP contribution in [-0.2, 0) is 9.53 Å². The highest BCUT2D eigenvalue weighted by Crippen LogP contribution is 2.28. The summed E-state index contributed by atoms with van der Waals surface area (Å²) >= 11 is 7.19. The molecule has 162 valence electrons. The van der Waals surface area contributed by atoms with Crippen molar-refractivity contribution in [2.45, 2.75) is 20.0 Å². The first-order chi connectivity index (χ1) is 15.4. The third kappa shape index (κ3) is 5.25. The van der Waals surface area contributed by atoms with Gasteiger partial charge in [0, 0.05) is 16.7 Å². The number of benzene rings is 2. The van der Waals surface area contributed by atoms with Gasteiger partial charge in [-0.3, -0.25) is 10.1 Å². The van der Waals surface area contributed by atoms with E-state index < -0.39 is 0 Å². The number of amides is 1. The average Bonchev–Trinajstić information content (AvgIpc) is 3.38. The summed E-state index contributed by atoms with van der Waals surface area (Å²) in [5.41, 5.74) is 2.03. The molecule has 0 saturated heterocycles. The fraction of sp³-hybridized carbons (Fsp3) is 0.125. The second kappa shape index (κ2) is 9.38. The maximum atomic E-state index is 12.3. The summed E-state index contributed by atoms with van der Waals surface area (Å²) in [5.74, 6) is 0.496. The Labute approximate surface area is 193 Å². The first kappa shape index (κ1) is 21.8. The number of thiazole rings is 1. The van der Waals surface area contributed by atoms with Crippen molar-refractivity contribution in [3.05, 3.63) is 77.0 Å². The molecule has 8 heteroatoms. The van der Waals surface area contributed by atoms with Gasteiger partial charge in [-0.25, -0.2) is 9.78 Å². The lowest BCUT2D eigenvalue weighted by molar-refractivity contribution is -0.111. The second-order valence-electron chi connectivity index (χ2n) is 7.19. The van der Waals surface area contributed by atoms with Crippen molar-refractivity contribution < 1.29 is 18.7 Å². The Bertz CT molecular complexity index is 1310. The zero-order valence-corrected chi connectivity index (χ0v) is 18.9. The first-order valence-corrected chi connectivity index (χ1v) is 11.0. The monoisotopic (exact) mass is 466 g/mol. The number of nitrogens with one attached hydrogen (secondary N) is 1. The van der Waals surface area contributed by atoms with Gasteiger partial charge in [0.05, 0.1) is 21.9 Å². The van der Waals surface area contributed by atoms with Crippen LogP contribution in [0.1, 0.15) is 30.0 Å². The van der Waals surface area contributed by atoms with Crippen molar-refractivity contribution in [3.8, 4) is 11.3 Å². The largest absolute Gasteiger partial charge is 0.459 e. The number of rotatable bonds is 6. The van der Waals surface area contributed by atoms with Gasteiger partial charge in [-0.1, -0.05) is 22.9 Å². The van der Waals surface area contributed by atoms with E-state index in [9.17, 15) is 9.59 Å². The molecule has 0 saturated carbocycles. The number of carbonyl (C=O) groups excluding carboxylic acids is 2. The van der Waals surface area contributed by atoms with Crippen LogP contribution in [-0.4, -0.2) is 23.0 Å². The third-order valence-electron chi connectivity index (χ3n) is 4.35. The van der Waals surface area contributed by atoms with E-state index in [4.69, 9.17) is 20.8 Å². The number of ether oxygens (including phenoxy) is 1. The number of aromatic nitrogens is 1. The van der Waals surface area contributed by atoms with Crippen molar-refractivity contribution in [1.82, 2.24) is 4.98 Å². The number of hydrogen-bond donors (Lipinski definition) is 1. The fourth-order valence-corrected chi connectivity index (χ4v) is 3.94. The van der Waals surface area contributed by atoms with E-state index in [0.717, 1.165) is 10.3 Å². The predicted molar refractivity (Wildman–Crippen MR) is 127 cm³/mol. The molecule has 4 rings (SSSR count). The lowest BCUT2D eigenvalue weighted by atomic mass is 10.2. The molecule has 0 fully saturated rings. The summed E-state index contributed by atoms with van der Waals surface area (Å²) in [5, 5.41) is 3.82. The second-order valence-corrected chi connectivity index (χ2v) is 8.65. The number of hydrogen-bond acceptors (Lipinski definition) is 6. The van der Waals surface area contributed by atoms with Gasteiger partial charge in [-0.15, -0.1) is 0 Å². The van der Waals surface area contributed by atoms with Crippen LogP contribution in [0.5, 0.6) is 0 Å². The first-order valence-electron chi connectivity index (χ1n) is 9.84. The smallest absolute Gasteiger partial charge is 0.338 e. The van der Waals surface area contributed by atoms with E-state index in [2.05, 4.69) is 10.3 Å². The number of esters is 1. The van der Waals surface area contributed by atoms with Crippen LogP contribution in [0.25, 0.3) is 27.6 Å². The molecule has 0 spiro atoms. The summed E-state index contributed by atoms with van der Waals surface area (Å²) in [6.07, 6.45) is 2.77. The van der Waals surface area contributed by atoms with Crippen molar-refractivity contribution in [2.75, 3.05) is 5.32 Å². The normalized spacial score (nSPS) is 11.4. The van der Waals surface area contributed by atoms with Crippen molar-refractivity contribution in [2.24, 2.45) is 0 Å². The summed E-state index contributed by atoms with van der Waals surface area (Å²) in [7, 11) is 0. The molecular weight excluding hydrogens is 448 g/mol. The average molecular weight is 467 g/mol. The molecule has 0 aliphatic heterocycles. The molecule has 0 atom stereocenters. The molecule has 1 N–H and O–H groups in total. The molecule has 32 heavy (non-hydrogen) atoms. The van der Waals surface area contributed by atoms with Crippen LogP contribution in [0.4, 0.5) is 5.13 Å². The van der Waals surface area contributed by atoms with E-state index >= 15 is 0 Å². The third-order valence-corrected chi connectivity index (χ3v) is 5.54. The van der Waals surface area contributed by atoms with Crippen LogP contribution < -0.4 is 5.32 Å². The van der Waals surface area contributed by atoms with Crippen LogP contribution in [0.2, 0.25) is 5.02 Å². The van der Waals surface area contributed by atoms with Gasteiger partial charge in [0.15, 0.2) is 5.13 Å². The fourth-order valence-electron chi connectivity index (χ4n) is 2.90. The van der Waals surface area contributed by atoms with Gasteiger partial charge in [-0.05, 0) is 74.5 Å². The van der Waals surface area contributed by atoms with E-state index in [1.54, 1.807) is 56.3 Å². The molecule has 1 amide bonds. The minimum Gasteiger partial charge on any atom is -0.459 e. The molecule has 2 aromatic heterocycles. The topological polar surface area (TPSA) is 81.4 Å². The lowest BCUT2D eigenvalue weighted by Crippen LogP contribution is -2.11. The van der Waals surface area contributed by atoms with Crippen LogP contribution in [0.15, 0.2) is 65.1 Å². The molecule has 0 aliphatic carbocycles. The highest BCUT2D eigenvalue weighted by atomic mass is 35.5. The Hall–Kier alpha value is -3.42. The molecule has 0 unspecified atom stereocenters. The number of nitrogens with zero attached hydrogens (tertiary/aromatic N) is 1. The minimum absolute atomic E-state index is 0.197. The summed E-state index contributed by atoms with van der Waals surface area (Å²) < 4.78 is 11.8. The molecule has 0 aliphatic rings. The SMILES string of the molecule is CC(C)OC(=O)c1ccc2nc(NC(=O)/C=C/c3ccc(-c4ccc(Cl)cc4)o3)sc2c1. The highest BCUT2D eigenvalue weighted by Gasteiger charge is 2.13. The Kier molecular flexibility index (Phi) is 6.39. The van der Waals surface area contributed by atoms with Crippen LogP contribution >= 0.6 is 22.9 Å². The maximum Gasteiger partial charge on any atom is 0.338 e. The van der Waals surface area contributed by atoms with Crippen molar-refractivity contribution >= 4 is 56.2 Å². The maximum absolute atomic E-state index is 12.3. The predicted octanol–water partition coefficient (Wildman–Crippen LogP) is 6.43. The lowest BCUT2D eigenvalue weighted by Gasteiger charge is -2.07. The molecule has 4 aromatic rings. The van der Waals surface area contributed by atoms with Crippen molar-refractivity contribution in [3.63, 3.8) is 0 Å². The summed E-state index contributed by atoms with van der Waals surface area (Å²) in [4.78, 5) is 28.8. The van der Waals surface area contributed by atoms with Crippen LogP contribution in [0.3, 0.4) is 0 Å². The highest BCUT2D eigenvalue weighted by molar-refractivity contribution is 7.22. The van der Waals surface area contributed by atoms with Crippen LogP contribution in [0, 0.1) is 0 Å². The molecular formula is C24H19ClN2O4S. The summed E-state index contributed by atoms with van der Waals surface area (Å²) in [6, 6.07) is 16.0. The van der Waals surface area contributed by atoms with E-state index in [1.165, 1.54) is 17.4 Å². The van der Waals surface area contributed by atoms with Gasteiger partial charge >= 0.3 is 5.97 Å². The number of carbonyl (C=O) groups is 2. The molecule has 6 nitrogen and oxygen atoms in total. The Morgan fingerprint density at radius 1 is 1.12 bits per heavy atom. The zero-order valence-electron chi connectivity index (χ0n) is 17.3. The minimum atomic E-state index is -0.389. The Balaban J connectivity index is 1.42. The van der Waals surface area contributed by atoms with Gasteiger partial charge in [0.2, 0.25) is 5.91 Å². The summed E-state index contributed by atoms with van der Waals surface area (Å²) in [6.45, 7) is 3.59. The number of fused-ring (bicyclic) bond motifs is 1. The molecule has 0 radical (unpaired) electrons. The molecule has 2 heterocycles. The van der Waals surface area contributed by atoms with Gasteiger partial charge in [0.1, 0.15) is 11.5 Å². The van der Waals surface area contributed by atoms with Gasteiger partial charge in [0.25, 0.3) is 0 Å².